The van der Waals surface area contributed by atoms with Crippen molar-refractivity contribution in [2.75, 3.05) is 4.90 Å². The number of alkyl halides is 6. The maximum absolute atomic E-state index is 13.8. The fourth-order valence-corrected chi connectivity index (χ4v) is 6.22. The number of aromatic nitrogens is 2. The van der Waals surface area contributed by atoms with Gasteiger partial charge in [-0.2, -0.15) is 26.3 Å². The summed E-state index contributed by atoms with van der Waals surface area (Å²) in [5.41, 5.74) is -2.14. The van der Waals surface area contributed by atoms with Gasteiger partial charge >= 0.3 is 12.4 Å². The first-order valence-electron chi connectivity index (χ1n) is 14.8. The molecule has 2 heterocycles. The van der Waals surface area contributed by atoms with E-state index in [0.29, 0.717) is 36.6 Å². The minimum absolute atomic E-state index is 0.0212. The number of hydrogen-bond acceptors (Lipinski definition) is 4. The van der Waals surface area contributed by atoms with Crippen molar-refractivity contribution in [1.29, 1.82) is 0 Å². The lowest BCUT2D eigenvalue weighted by atomic mass is 9.83. The third kappa shape index (κ3) is 9.20. The Bertz CT molecular complexity index is 1410. The van der Waals surface area contributed by atoms with Crippen molar-refractivity contribution in [2.45, 2.75) is 96.8 Å². The molecule has 244 valence electrons. The van der Waals surface area contributed by atoms with Gasteiger partial charge in [0.25, 0.3) is 0 Å². The number of likely N-dealkylation sites (tertiary alicyclic amines) is 1. The molecule has 3 atom stereocenters. The number of benzene rings is 2. The molecule has 5 nitrogen and oxygen atoms in total. The molecule has 1 aromatic heterocycles. The van der Waals surface area contributed by atoms with Gasteiger partial charge in [-0.3, -0.25) is 4.79 Å². The molecule has 1 aliphatic heterocycles. The monoisotopic (exact) mass is 698 g/mol. The number of carbonyl (C=O) groups excluding carboxylic acids is 1. The summed E-state index contributed by atoms with van der Waals surface area (Å²) >= 11 is 3.30. The molecule has 0 spiro atoms. The van der Waals surface area contributed by atoms with Gasteiger partial charge in [0, 0.05) is 43.5 Å². The van der Waals surface area contributed by atoms with E-state index >= 15 is 0 Å². The Kier molecular flexibility index (Phi) is 10.6. The number of hydrogen-bond donors (Lipinski definition) is 0. The molecule has 0 radical (unpaired) electrons. The number of halogens is 7. The van der Waals surface area contributed by atoms with E-state index in [4.69, 9.17) is 0 Å². The molecule has 12 heteroatoms. The molecule has 3 aromatic rings. The largest absolute Gasteiger partial charge is 0.416 e. The standard InChI is InChI=1S/C33H37BrF6N4O/c1-5-26-15-27(16-28(13-21-9-7-6-8-10-21)44(26)29(45)17-31(2,3)4)43(30-41-18-25(34)19-42-30)20-22-11-23(32(35,36)37)14-24(12-22)33(38,39)40/h6-12,14,18-19,26-28H,5,13,15-17,20H2,1-4H3/t26-,27+,28+/m1/s1. The van der Waals surface area contributed by atoms with Crippen LogP contribution in [0, 0.1) is 5.41 Å². The zero-order chi connectivity index (χ0) is 33.2. The van der Waals surface area contributed by atoms with Crippen LogP contribution in [0.4, 0.5) is 32.3 Å². The van der Waals surface area contributed by atoms with Crippen LogP contribution in [0.25, 0.3) is 0 Å². The van der Waals surface area contributed by atoms with Crippen LogP contribution in [0.5, 0.6) is 0 Å². The Morgan fingerprint density at radius 1 is 0.889 bits per heavy atom. The predicted octanol–water partition coefficient (Wildman–Crippen LogP) is 9.10. The van der Waals surface area contributed by atoms with E-state index in [2.05, 4.69) is 25.9 Å². The summed E-state index contributed by atoms with van der Waals surface area (Å²) < 4.78 is 83.0. The first-order chi connectivity index (χ1) is 20.9. The smallest absolute Gasteiger partial charge is 0.336 e. The second-order valence-electron chi connectivity index (χ2n) is 12.8. The molecule has 1 aliphatic rings. The van der Waals surface area contributed by atoms with E-state index in [1.807, 2.05) is 62.9 Å². The van der Waals surface area contributed by atoms with E-state index in [9.17, 15) is 31.1 Å². The van der Waals surface area contributed by atoms with Crippen LogP contribution in [0.2, 0.25) is 0 Å². The number of nitrogens with zero attached hydrogens (tertiary/aromatic N) is 4. The van der Waals surface area contributed by atoms with Gasteiger partial charge in [-0.15, -0.1) is 0 Å². The summed E-state index contributed by atoms with van der Waals surface area (Å²) in [7, 11) is 0. The van der Waals surface area contributed by atoms with E-state index in [1.54, 1.807) is 4.90 Å². The maximum atomic E-state index is 13.8. The van der Waals surface area contributed by atoms with Gasteiger partial charge in [-0.05, 0) is 76.4 Å². The number of anilines is 1. The zero-order valence-corrected chi connectivity index (χ0v) is 27.2. The molecule has 0 N–H and O–H groups in total. The van der Waals surface area contributed by atoms with Crippen LogP contribution in [-0.2, 0) is 30.1 Å². The van der Waals surface area contributed by atoms with Gasteiger partial charge in [0.1, 0.15) is 0 Å². The SMILES string of the molecule is CC[C@@H]1C[C@H](N(Cc2cc(C(F)(F)F)cc(C(F)(F)F)c2)c2ncc(Br)cn2)C[C@H](Cc2ccccc2)N1C(=O)CC(C)(C)C. The maximum Gasteiger partial charge on any atom is 0.416 e. The van der Waals surface area contributed by atoms with Gasteiger partial charge in [-0.25, -0.2) is 9.97 Å². The van der Waals surface area contributed by atoms with Crippen LogP contribution >= 0.6 is 15.9 Å². The number of amides is 1. The number of piperidine rings is 1. The van der Waals surface area contributed by atoms with E-state index < -0.39 is 23.5 Å². The molecule has 45 heavy (non-hydrogen) atoms. The van der Waals surface area contributed by atoms with Crippen molar-refractivity contribution >= 4 is 27.8 Å². The molecular weight excluding hydrogens is 662 g/mol. The van der Waals surface area contributed by atoms with Crippen LogP contribution in [0.15, 0.2) is 65.4 Å². The molecule has 0 saturated carbocycles. The summed E-state index contributed by atoms with van der Waals surface area (Å²) in [6, 6.07) is 10.5. The second-order valence-corrected chi connectivity index (χ2v) is 13.7. The molecule has 2 aromatic carbocycles. The summed E-state index contributed by atoms with van der Waals surface area (Å²) in [4.78, 5) is 26.2. The highest BCUT2D eigenvalue weighted by atomic mass is 79.9. The summed E-state index contributed by atoms with van der Waals surface area (Å²) in [5.74, 6) is 0.199. The molecule has 1 saturated heterocycles. The second kappa shape index (κ2) is 13.7. The molecule has 1 fully saturated rings. The highest BCUT2D eigenvalue weighted by Gasteiger charge is 2.42. The van der Waals surface area contributed by atoms with Crippen molar-refractivity contribution < 1.29 is 31.1 Å². The van der Waals surface area contributed by atoms with Crippen LogP contribution in [-0.4, -0.2) is 38.9 Å². The number of rotatable bonds is 8. The average Bonchev–Trinajstić information content (AvgIpc) is 2.94. The van der Waals surface area contributed by atoms with Crippen LogP contribution in [0.1, 0.15) is 75.6 Å². The third-order valence-corrected chi connectivity index (χ3v) is 8.34. The van der Waals surface area contributed by atoms with E-state index in [1.165, 1.54) is 12.4 Å². The van der Waals surface area contributed by atoms with Crippen LogP contribution in [0.3, 0.4) is 0 Å². The van der Waals surface area contributed by atoms with E-state index in [-0.39, 0.29) is 53.6 Å². The predicted molar refractivity (Wildman–Crippen MR) is 164 cm³/mol. The molecule has 1 amide bonds. The lowest BCUT2D eigenvalue weighted by Gasteiger charge is -2.49. The van der Waals surface area contributed by atoms with Crippen molar-refractivity contribution in [3.8, 4) is 0 Å². The fraction of sp³-hybridized carbons (Fsp3) is 0.485. The van der Waals surface area contributed by atoms with E-state index in [0.717, 1.165) is 17.7 Å². The Hall–Kier alpha value is -3.15. The van der Waals surface area contributed by atoms with Gasteiger partial charge < -0.3 is 9.80 Å². The fourth-order valence-electron chi connectivity index (χ4n) is 6.01. The summed E-state index contributed by atoms with van der Waals surface area (Å²) in [5, 5.41) is 0. The lowest BCUT2D eigenvalue weighted by molar-refractivity contribution is -0.143. The molecular formula is C33H37BrF6N4O. The third-order valence-electron chi connectivity index (χ3n) is 7.93. The van der Waals surface area contributed by atoms with Crippen molar-refractivity contribution in [3.05, 3.63) is 87.7 Å². The van der Waals surface area contributed by atoms with Gasteiger partial charge in [-0.1, -0.05) is 58.0 Å². The van der Waals surface area contributed by atoms with Gasteiger partial charge in [0.15, 0.2) is 0 Å². The van der Waals surface area contributed by atoms with Crippen molar-refractivity contribution in [2.24, 2.45) is 5.41 Å². The topological polar surface area (TPSA) is 49.3 Å². The first-order valence-corrected chi connectivity index (χ1v) is 15.6. The Morgan fingerprint density at radius 3 is 1.96 bits per heavy atom. The highest BCUT2D eigenvalue weighted by molar-refractivity contribution is 9.10. The summed E-state index contributed by atoms with van der Waals surface area (Å²) in [6.07, 6.45) is -4.59. The van der Waals surface area contributed by atoms with Crippen LogP contribution < -0.4 is 4.90 Å². The van der Waals surface area contributed by atoms with Crippen molar-refractivity contribution in [3.63, 3.8) is 0 Å². The Morgan fingerprint density at radius 2 is 1.44 bits per heavy atom. The molecule has 4 rings (SSSR count). The van der Waals surface area contributed by atoms with Gasteiger partial charge in [0.2, 0.25) is 11.9 Å². The minimum Gasteiger partial charge on any atom is -0.336 e. The zero-order valence-electron chi connectivity index (χ0n) is 25.6. The normalized spacial score (nSPS) is 19.4. The quantitative estimate of drug-likeness (QED) is 0.220. The average molecular weight is 700 g/mol. The molecule has 0 unspecified atom stereocenters. The number of carbonyl (C=O) groups is 1. The minimum atomic E-state index is -4.97. The molecule has 0 bridgehead atoms. The van der Waals surface area contributed by atoms with Crippen molar-refractivity contribution in [1.82, 2.24) is 14.9 Å². The first kappa shape index (κ1) is 34.7. The molecule has 0 aliphatic carbocycles. The Balaban J connectivity index is 1.79. The summed E-state index contributed by atoms with van der Waals surface area (Å²) in [6.45, 7) is 7.70. The Labute approximate surface area is 268 Å². The highest BCUT2D eigenvalue weighted by Crippen LogP contribution is 2.39. The lowest BCUT2D eigenvalue weighted by Crippen LogP contribution is -2.58. The van der Waals surface area contributed by atoms with Gasteiger partial charge in [0.05, 0.1) is 15.6 Å².